The van der Waals surface area contributed by atoms with Gasteiger partial charge in [-0.2, -0.15) is 0 Å². The Morgan fingerprint density at radius 1 is 1.22 bits per heavy atom. The molecule has 3 aromatic rings. The molecule has 2 aromatic carbocycles. The van der Waals surface area contributed by atoms with E-state index in [0.717, 1.165) is 29.5 Å². The molecule has 1 amide bonds. The molecule has 4 N–H and O–H groups in total. The van der Waals surface area contributed by atoms with Crippen molar-refractivity contribution in [2.75, 3.05) is 19.0 Å². The second-order valence-corrected chi connectivity index (χ2v) is 8.02. The highest BCUT2D eigenvalue weighted by Gasteiger charge is 2.39. The van der Waals surface area contributed by atoms with Gasteiger partial charge in [-0.3, -0.25) is 9.78 Å². The Labute approximate surface area is 185 Å². The molecule has 0 aliphatic heterocycles. The summed E-state index contributed by atoms with van der Waals surface area (Å²) in [7, 11) is 1.49. The molecule has 166 valence electrons. The number of hydrogen-bond donors (Lipinski definition) is 3. The summed E-state index contributed by atoms with van der Waals surface area (Å²) in [6, 6.07) is 9.77. The monoisotopic (exact) mass is 436 g/mol. The fourth-order valence-electron chi connectivity index (χ4n) is 3.19. The summed E-state index contributed by atoms with van der Waals surface area (Å²) in [4.78, 5) is 16.0. The number of ether oxygens (including phenoxy) is 2. The fourth-order valence-corrected chi connectivity index (χ4v) is 3.19. The van der Waals surface area contributed by atoms with Crippen molar-refractivity contribution in [3.8, 4) is 17.2 Å². The molecule has 0 atom stereocenters. The molecule has 0 radical (unpaired) electrons. The lowest BCUT2D eigenvalue weighted by molar-refractivity contribution is -0.116. The zero-order valence-corrected chi connectivity index (χ0v) is 18.0. The van der Waals surface area contributed by atoms with E-state index in [4.69, 9.17) is 15.2 Å². The number of hydrogen-bond acceptors (Lipinski definition) is 6. The maximum atomic E-state index is 14.7. The molecule has 8 heteroatoms. The molecule has 0 bridgehead atoms. The first kappa shape index (κ1) is 21.6. The van der Waals surface area contributed by atoms with Crippen molar-refractivity contribution in [2.45, 2.75) is 25.3 Å². The number of benzene rings is 2. The molecular weight excluding hydrogens is 411 g/mol. The lowest BCUT2D eigenvalue weighted by Crippen LogP contribution is -2.29. The van der Waals surface area contributed by atoms with E-state index in [2.05, 4.69) is 22.2 Å². The van der Waals surface area contributed by atoms with Crippen LogP contribution < -0.4 is 25.8 Å². The van der Waals surface area contributed by atoms with E-state index >= 15 is 0 Å². The smallest absolute Gasteiger partial charge is 0.266 e. The highest BCUT2D eigenvalue weighted by molar-refractivity contribution is 5.95. The molecule has 1 heterocycles. The molecule has 0 unspecified atom stereocenters. The van der Waals surface area contributed by atoms with Crippen molar-refractivity contribution in [2.24, 2.45) is 5.73 Å². The van der Waals surface area contributed by atoms with Crippen LogP contribution >= 0.6 is 0 Å². The van der Waals surface area contributed by atoms with Gasteiger partial charge >= 0.3 is 0 Å². The zero-order chi connectivity index (χ0) is 22.9. The minimum atomic E-state index is -0.584. The Balaban J connectivity index is 1.55. The topological polar surface area (TPSA) is 98.5 Å². The van der Waals surface area contributed by atoms with Crippen molar-refractivity contribution in [1.82, 2.24) is 10.3 Å². The predicted molar refractivity (Wildman–Crippen MR) is 121 cm³/mol. The number of carbonyl (C=O) groups is 1. The summed E-state index contributed by atoms with van der Waals surface area (Å²) in [5, 5.41) is 5.94. The van der Waals surface area contributed by atoms with Crippen molar-refractivity contribution < 1.29 is 18.7 Å². The first-order valence-electron chi connectivity index (χ1n) is 10.2. The number of pyridine rings is 1. The van der Waals surface area contributed by atoms with Gasteiger partial charge in [0.15, 0.2) is 11.6 Å². The van der Waals surface area contributed by atoms with Crippen LogP contribution in [0.25, 0.3) is 10.9 Å². The van der Waals surface area contributed by atoms with Gasteiger partial charge in [0, 0.05) is 36.5 Å². The largest absolute Gasteiger partial charge is 0.491 e. The number of anilines is 1. The summed E-state index contributed by atoms with van der Waals surface area (Å²) in [6.07, 6.45) is 3.54. The summed E-state index contributed by atoms with van der Waals surface area (Å²) < 4.78 is 26.5. The first-order chi connectivity index (χ1) is 15.3. The third-order valence-electron chi connectivity index (χ3n) is 5.35. The van der Waals surface area contributed by atoms with Crippen LogP contribution in [0.3, 0.4) is 0 Å². The Bertz CT molecular complexity index is 1210. The molecule has 1 aliphatic carbocycles. The molecule has 1 fully saturated rings. The van der Waals surface area contributed by atoms with Crippen LogP contribution in [0.15, 0.2) is 54.9 Å². The average molecular weight is 436 g/mol. The molecule has 4 rings (SSSR count). The molecule has 0 spiro atoms. The summed E-state index contributed by atoms with van der Waals surface area (Å²) >= 11 is 0. The Kier molecular flexibility index (Phi) is 5.71. The van der Waals surface area contributed by atoms with Crippen LogP contribution in [0.1, 0.15) is 18.4 Å². The van der Waals surface area contributed by atoms with E-state index < -0.39 is 5.82 Å². The zero-order valence-electron chi connectivity index (χ0n) is 18.0. The minimum Gasteiger partial charge on any atom is -0.491 e. The second kappa shape index (κ2) is 8.47. The molecule has 0 saturated heterocycles. The number of likely N-dealkylation sites (N-methyl/N-ethyl adjacent to an activating group) is 1. The lowest BCUT2D eigenvalue weighted by Gasteiger charge is -2.15. The molecular formula is C24H25FN4O3. The fraction of sp³-hybridized carbons (Fsp3) is 0.250. The van der Waals surface area contributed by atoms with E-state index in [-0.39, 0.29) is 22.9 Å². The third kappa shape index (κ3) is 4.65. The number of fused-ring (bicyclic) bond motifs is 1. The maximum absolute atomic E-state index is 14.7. The van der Waals surface area contributed by atoms with Crippen LogP contribution in [-0.4, -0.2) is 30.1 Å². The van der Waals surface area contributed by atoms with Gasteiger partial charge in [0.2, 0.25) is 0 Å². The normalized spacial score (nSPS) is 14.0. The van der Waals surface area contributed by atoms with Crippen LogP contribution in [0.2, 0.25) is 0 Å². The maximum Gasteiger partial charge on any atom is 0.266 e. The Hall–Kier alpha value is -3.65. The van der Waals surface area contributed by atoms with Crippen molar-refractivity contribution >= 4 is 22.5 Å². The first-order valence-corrected chi connectivity index (χ1v) is 10.2. The van der Waals surface area contributed by atoms with Crippen molar-refractivity contribution in [3.05, 3.63) is 66.3 Å². The SMILES string of the molecule is C=C(Nc1ccc(Oc2ccnc3cc(OCC4(N)CC4)c(C)cc23)c(F)c1)C(=O)NC. The highest BCUT2D eigenvalue weighted by Crippen LogP contribution is 2.36. The summed E-state index contributed by atoms with van der Waals surface area (Å²) in [6.45, 7) is 6.02. The van der Waals surface area contributed by atoms with Gasteiger partial charge in [-0.25, -0.2) is 4.39 Å². The lowest BCUT2D eigenvalue weighted by atomic mass is 10.1. The third-order valence-corrected chi connectivity index (χ3v) is 5.35. The molecule has 1 aromatic heterocycles. The van der Waals surface area contributed by atoms with Gasteiger partial charge in [-0.05, 0) is 49.6 Å². The number of halogens is 1. The van der Waals surface area contributed by atoms with Gasteiger partial charge in [0.25, 0.3) is 5.91 Å². The van der Waals surface area contributed by atoms with E-state index in [0.29, 0.717) is 23.6 Å². The number of nitrogens with two attached hydrogens (primary N) is 1. The summed E-state index contributed by atoms with van der Waals surface area (Å²) in [5.74, 6) is 0.268. The number of rotatable bonds is 8. The second-order valence-electron chi connectivity index (χ2n) is 8.02. The molecule has 1 aliphatic rings. The number of aryl methyl sites for hydroxylation is 1. The number of nitrogens with zero attached hydrogens (tertiary/aromatic N) is 1. The van der Waals surface area contributed by atoms with E-state index in [1.165, 1.54) is 19.2 Å². The Morgan fingerprint density at radius 2 is 2.00 bits per heavy atom. The minimum absolute atomic E-state index is 0.0467. The van der Waals surface area contributed by atoms with Crippen molar-refractivity contribution in [1.29, 1.82) is 0 Å². The van der Waals surface area contributed by atoms with Gasteiger partial charge in [0.1, 0.15) is 18.1 Å². The number of carbonyl (C=O) groups excluding carboxylic acids is 1. The van der Waals surface area contributed by atoms with E-state index in [1.54, 1.807) is 18.3 Å². The van der Waals surface area contributed by atoms with Crippen molar-refractivity contribution in [3.63, 3.8) is 0 Å². The Morgan fingerprint density at radius 3 is 2.69 bits per heavy atom. The van der Waals surface area contributed by atoms with Gasteiger partial charge in [-0.1, -0.05) is 6.58 Å². The quantitative estimate of drug-likeness (QED) is 0.462. The average Bonchev–Trinajstić information content (AvgIpc) is 3.51. The van der Waals surface area contributed by atoms with Crippen LogP contribution in [0.4, 0.5) is 10.1 Å². The number of aromatic nitrogens is 1. The number of nitrogens with one attached hydrogen (secondary N) is 2. The van der Waals surface area contributed by atoms with Gasteiger partial charge in [-0.15, -0.1) is 0 Å². The molecule has 7 nitrogen and oxygen atoms in total. The van der Waals surface area contributed by atoms with Gasteiger partial charge in [0.05, 0.1) is 16.8 Å². The standard InChI is InChI=1S/C24H25FN4O3/c1-14-10-17-19(12-22(14)31-13-24(26)7-8-24)28-9-6-20(17)32-21-5-4-16(11-18(21)25)29-15(2)23(30)27-3/h4-6,9-12,29H,2,7-8,13,26H2,1,3H3,(H,27,30). The van der Waals surface area contributed by atoms with Crippen LogP contribution in [0.5, 0.6) is 17.2 Å². The summed E-state index contributed by atoms with van der Waals surface area (Å²) in [5.41, 5.74) is 7.97. The van der Waals surface area contributed by atoms with E-state index in [9.17, 15) is 9.18 Å². The predicted octanol–water partition coefficient (Wildman–Crippen LogP) is 4.02. The molecule has 32 heavy (non-hydrogen) atoms. The van der Waals surface area contributed by atoms with Crippen LogP contribution in [-0.2, 0) is 4.79 Å². The highest BCUT2D eigenvalue weighted by atomic mass is 19.1. The van der Waals surface area contributed by atoms with Crippen LogP contribution in [0, 0.1) is 12.7 Å². The van der Waals surface area contributed by atoms with E-state index in [1.807, 2.05) is 19.1 Å². The van der Waals surface area contributed by atoms with Gasteiger partial charge < -0.3 is 25.8 Å². The molecule has 1 saturated carbocycles. The number of amides is 1.